The van der Waals surface area contributed by atoms with Crippen molar-refractivity contribution in [2.45, 2.75) is 26.9 Å². The zero-order chi connectivity index (χ0) is 29.1. The van der Waals surface area contributed by atoms with Crippen molar-refractivity contribution in [3.8, 4) is 40.3 Å². The van der Waals surface area contributed by atoms with Crippen LogP contribution in [0.3, 0.4) is 0 Å². The largest absolute Gasteiger partial charge is 0.497 e. The molecule has 0 aliphatic carbocycles. The predicted octanol–water partition coefficient (Wildman–Crippen LogP) is 6.33. The molecular formula is C29H28F2N6O4. The van der Waals surface area contributed by atoms with Crippen LogP contribution in [0.2, 0.25) is 0 Å². The molecule has 0 aliphatic rings. The van der Waals surface area contributed by atoms with E-state index in [4.69, 9.17) is 18.9 Å². The Morgan fingerprint density at radius 1 is 0.951 bits per heavy atom. The Morgan fingerprint density at radius 2 is 1.76 bits per heavy atom. The van der Waals surface area contributed by atoms with Crippen LogP contribution in [0.25, 0.3) is 22.3 Å². The van der Waals surface area contributed by atoms with Gasteiger partial charge in [0.2, 0.25) is 5.88 Å². The van der Waals surface area contributed by atoms with Crippen LogP contribution in [-0.4, -0.2) is 45.8 Å². The van der Waals surface area contributed by atoms with E-state index in [0.717, 1.165) is 27.6 Å². The van der Waals surface area contributed by atoms with E-state index in [1.807, 2.05) is 38.1 Å². The summed E-state index contributed by atoms with van der Waals surface area (Å²) in [5.74, 6) is 3.01. The number of aryl methyl sites for hydroxylation is 1. The summed E-state index contributed by atoms with van der Waals surface area (Å²) in [5.41, 5.74) is 3.19. The lowest BCUT2D eigenvalue weighted by atomic mass is 10.1. The second kappa shape index (κ2) is 11.6. The highest BCUT2D eigenvalue weighted by atomic mass is 19.3. The average Bonchev–Trinajstić information content (AvgIpc) is 3.48. The number of methoxy groups -OCH3 is 3. The number of nitrogens with zero attached hydrogens (tertiary/aromatic N) is 5. The van der Waals surface area contributed by atoms with Gasteiger partial charge in [-0.3, -0.25) is 4.57 Å². The Bertz CT molecular complexity index is 1710. The maximum absolute atomic E-state index is 13.7. The summed E-state index contributed by atoms with van der Waals surface area (Å²) in [6, 6.07) is 10.8. The van der Waals surface area contributed by atoms with E-state index in [2.05, 4.69) is 25.3 Å². The zero-order valence-corrected chi connectivity index (χ0v) is 23.1. The second-order valence-electron chi connectivity index (χ2n) is 9.07. The van der Waals surface area contributed by atoms with Crippen molar-refractivity contribution >= 4 is 16.7 Å². The number of ether oxygens (including phenoxy) is 4. The molecule has 0 saturated heterocycles. The van der Waals surface area contributed by atoms with Crippen molar-refractivity contribution in [1.29, 1.82) is 0 Å². The molecule has 1 N–H and O–H groups in total. The smallest absolute Gasteiger partial charge is 0.320 e. The molecule has 41 heavy (non-hydrogen) atoms. The number of alkyl halides is 2. The van der Waals surface area contributed by atoms with E-state index in [1.54, 1.807) is 33.5 Å². The molecule has 0 fully saturated rings. The van der Waals surface area contributed by atoms with Gasteiger partial charge in [-0.1, -0.05) is 6.07 Å². The molecule has 12 heteroatoms. The molecule has 10 nitrogen and oxygen atoms in total. The Morgan fingerprint density at radius 3 is 2.49 bits per heavy atom. The summed E-state index contributed by atoms with van der Waals surface area (Å²) in [6.07, 6.45) is 3.76. The summed E-state index contributed by atoms with van der Waals surface area (Å²) >= 11 is 0. The first kappa shape index (κ1) is 27.6. The van der Waals surface area contributed by atoms with Gasteiger partial charge in [0.15, 0.2) is 0 Å². The minimum absolute atomic E-state index is 0.113. The molecule has 212 valence electrons. The van der Waals surface area contributed by atoms with Gasteiger partial charge in [-0.2, -0.15) is 8.78 Å². The monoisotopic (exact) mass is 562 g/mol. The number of hydrogen-bond acceptors (Lipinski definition) is 9. The molecular weight excluding hydrogens is 534 g/mol. The maximum atomic E-state index is 13.7. The van der Waals surface area contributed by atoms with Gasteiger partial charge in [-0.25, -0.2) is 19.9 Å². The normalized spacial score (nSPS) is 11.1. The Kier molecular flexibility index (Phi) is 7.81. The van der Waals surface area contributed by atoms with Crippen LogP contribution < -0.4 is 24.3 Å². The molecule has 0 bridgehead atoms. The average molecular weight is 563 g/mol. The molecule has 0 radical (unpaired) electrons. The minimum Gasteiger partial charge on any atom is -0.497 e. The Labute approximate surface area is 234 Å². The van der Waals surface area contributed by atoms with Crippen molar-refractivity contribution in [2.75, 3.05) is 26.6 Å². The molecule has 0 unspecified atom stereocenters. The van der Waals surface area contributed by atoms with E-state index >= 15 is 0 Å². The fraction of sp³-hybridized carbons (Fsp3) is 0.241. The van der Waals surface area contributed by atoms with Gasteiger partial charge in [0.1, 0.15) is 40.5 Å². The molecule has 0 amide bonds. The summed E-state index contributed by atoms with van der Waals surface area (Å²) < 4.78 is 50.9. The van der Waals surface area contributed by atoms with Gasteiger partial charge < -0.3 is 24.3 Å². The van der Waals surface area contributed by atoms with Gasteiger partial charge in [-0.15, -0.1) is 0 Å². The summed E-state index contributed by atoms with van der Waals surface area (Å²) in [5, 5.41) is 3.79. The van der Waals surface area contributed by atoms with Crippen LogP contribution in [-0.2, 0) is 6.54 Å². The number of hydrogen-bond donors (Lipinski definition) is 1. The van der Waals surface area contributed by atoms with Crippen LogP contribution >= 0.6 is 0 Å². The number of halogens is 2. The van der Waals surface area contributed by atoms with Crippen molar-refractivity contribution in [3.63, 3.8) is 0 Å². The highest BCUT2D eigenvalue weighted by Crippen LogP contribution is 2.39. The van der Waals surface area contributed by atoms with Gasteiger partial charge >= 0.3 is 6.55 Å². The quantitative estimate of drug-likeness (QED) is 0.209. The number of fused-ring (bicyclic) bond motifs is 1. The van der Waals surface area contributed by atoms with Crippen molar-refractivity contribution in [1.82, 2.24) is 24.5 Å². The van der Waals surface area contributed by atoms with E-state index < -0.39 is 6.55 Å². The third-order valence-electron chi connectivity index (χ3n) is 6.64. The highest BCUT2D eigenvalue weighted by Gasteiger charge is 2.21. The highest BCUT2D eigenvalue weighted by molar-refractivity contribution is 5.95. The number of aromatic nitrogens is 5. The molecule has 5 rings (SSSR count). The third kappa shape index (κ3) is 5.40. The van der Waals surface area contributed by atoms with Crippen LogP contribution in [0, 0.1) is 13.8 Å². The summed E-state index contributed by atoms with van der Waals surface area (Å²) in [4.78, 5) is 17.5. The first-order valence-corrected chi connectivity index (χ1v) is 12.6. The number of pyridine rings is 1. The SMILES string of the molecule is COc1ccc(CNc2ncnc3cc(-c4cncn4C(F)F)nc(Oc4c(C)ccc(OC)c4C)c23)c(OC)c1. The van der Waals surface area contributed by atoms with Gasteiger partial charge in [-0.05, 0) is 43.7 Å². The zero-order valence-electron chi connectivity index (χ0n) is 23.1. The number of nitrogens with one attached hydrogen (secondary N) is 1. The number of rotatable bonds is 10. The van der Waals surface area contributed by atoms with E-state index in [1.165, 1.54) is 12.5 Å². The second-order valence-corrected chi connectivity index (χ2v) is 9.07. The molecule has 3 aromatic heterocycles. The minimum atomic E-state index is -2.81. The topological polar surface area (TPSA) is 105 Å². The standard InChI is InChI=1S/C29H28F2N6O4/c1-16-6-9-23(39-4)17(2)26(16)41-28-25-21(11-20(36-28)22-13-32-15-37(22)29(30)31)34-14-35-27(25)33-12-18-7-8-19(38-3)10-24(18)40-5/h6-11,13-15,29H,12H2,1-5H3,(H,33,34,35). The van der Waals surface area contributed by atoms with Crippen LogP contribution in [0.4, 0.5) is 14.6 Å². The van der Waals surface area contributed by atoms with Crippen molar-refractivity contribution in [3.05, 3.63) is 71.9 Å². The van der Waals surface area contributed by atoms with E-state index in [-0.39, 0.29) is 17.3 Å². The Hall–Kier alpha value is -5.00. The lowest BCUT2D eigenvalue weighted by molar-refractivity contribution is 0.0718. The molecule has 0 spiro atoms. The summed E-state index contributed by atoms with van der Waals surface area (Å²) in [7, 11) is 4.74. The Balaban J connectivity index is 1.65. The number of anilines is 1. The first-order chi connectivity index (χ1) is 19.8. The van der Waals surface area contributed by atoms with Gasteiger partial charge in [0.25, 0.3) is 0 Å². The molecule has 5 aromatic rings. The van der Waals surface area contributed by atoms with Crippen LogP contribution in [0.1, 0.15) is 23.2 Å². The van der Waals surface area contributed by atoms with Crippen LogP contribution in [0.15, 0.2) is 55.2 Å². The van der Waals surface area contributed by atoms with Gasteiger partial charge in [0.05, 0.1) is 50.8 Å². The molecule has 0 saturated carbocycles. The fourth-order valence-electron chi connectivity index (χ4n) is 4.50. The summed E-state index contributed by atoms with van der Waals surface area (Å²) in [6.45, 7) is 1.30. The molecule has 3 heterocycles. The number of imidazole rings is 1. The maximum Gasteiger partial charge on any atom is 0.320 e. The molecule has 0 atom stereocenters. The van der Waals surface area contributed by atoms with Crippen LogP contribution in [0.5, 0.6) is 28.9 Å². The predicted molar refractivity (Wildman–Crippen MR) is 149 cm³/mol. The van der Waals surface area contributed by atoms with Crippen molar-refractivity contribution in [2.24, 2.45) is 0 Å². The van der Waals surface area contributed by atoms with Gasteiger partial charge in [0, 0.05) is 23.7 Å². The lowest BCUT2D eigenvalue weighted by Gasteiger charge is -2.18. The van der Waals surface area contributed by atoms with E-state index in [0.29, 0.717) is 46.3 Å². The first-order valence-electron chi connectivity index (χ1n) is 12.6. The number of benzene rings is 2. The van der Waals surface area contributed by atoms with E-state index in [9.17, 15) is 8.78 Å². The fourth-order valence-corrected chi connectivity index (χ4v) is 4.50. The molecule has 2 aromatic carbocycles. The lowest BCUT2D eigenvalue weighted by Crippen LogP contribution is -2.07. The van der Waals surface area contributed by atoms with Crippen molar-refractivity contribution < 1.29 is 27.7 Å². The third-order valence-corrected chi connectivity index (χ3v) is 6.64. The molecule has 0 aliphatic heterocycles.